The van der Waals surface area contributed by atoms with Gasteiger partial charge in [0, 0.05) is 5.69 Å². The number of benzene rings is 1. The summed E-state index contributed by atoms with van der Waals surface area (Å²) in [6.07, 6.45) is 0. The van der Waals surface area contributed by atoms with Crippen molar-refractivity contribution in [3.63, 3.8) is 0 Å². The van der Waals surface area contributed by atoms with Crippen LogP contribution in [0.15, 0.2) is 24.3 Å². The van der Waals surface area contributed by atoms with Crippen LogP contribution >= 0.6 is 0 Å². The number of hydrogen-bond acceptors (Lipinski definition) is 4. The molecule has 0 heterocycles. The van der Waals surface area contributed by atoms with Crippen molar-refractivity contribution >= 4 is 17.6 Å². The zero-order valence-electron chi connectivity index (χ0n) is 9.34. The molecule has 0 fully saturated rings. The number of aliphatic carboxylic acids is 1. The van der Waals surface area contributed by atoms with Gasteiger partial charge in [-0.15, -0.1) is 0 Å². The second-order valence-corrected chi connectivity index (χ2v) is 3.48. The molecule has 0 aliphatic heterocycles. The van der Waals surface area contributed by atoms with Crippen molar-refractivity contribution in [1.82, 2.24) is 0 Å². The Balaban J connectivity index is 2.56. The molecule has 0 saturated carbocycles. The van der Waals surface area contributed by atoms with Crippen LogP contribution in [0.1, 0.15) is 6.92 Å². The van der Waals surface area contributed by atoms with Crippen molar-refractivity contribution in [2.24, 2.45) is 5.73 Å². The smallest absolute Gasteiger partial charge is 0.341 e. The molecule has 1 aromatic carbocycles. The number of hydrogen-bond donors (Lipinski definition) is 3. The third-order valence-electron chi connectivity index (χ3n) is 1.90. The van der Waals surface area contributed by atoms with Crippen molar-refractivity contribution in [2.45, 2.75) is 13.0 Å². The molecule has 0 aliphatic carbocycles. The fourth-order valence-corrected chi connectivity index (χ4v) is 1.04. The Morgan fingerprint density at radius 2 is 2.00 bits per heavy atom. The van der Waals surface area contributed by atoms with E-state index in [0.717, 1.165) is 0 Å². The van der Waals surface area contributed by atoms with E-state index >= 15 is 0 Å². The van der Waals surface area contributed by atoms with Crippen LogP contribution in [-0.4, -0.2) is 29.6 Å². The molecule has 4 N–H and O–H groups in total. The van der Waals surface area contributed by atoms with Crippen LogP contribution in [-0.2, 0) is 9.59 Å². The highest BCUT2D eigenvalue weighted by atomic mass is 16.5. The molecule has 0 bridgehead atoms. The summed E-state index contributed by atoms with van der Waals surface area (Å²) >= 11 is 0. The molecule has 6 heteroatoms. The Morgan fingerprint density at radius 1 is 1.41 bits per heavy atom. The quantitative estimate of drug-likeness (QED) is 0.690. The number of carbonyl (C=O) groups excluding carboxylic acids is 1. The third-order valence-corrected chi connectivity index (χ3v) is 1.90. The van der Waals surface area contributed by atoms with Crippen molar-refractivity contribution in [3.05, 3.63) is 24.3 Å². The van der Waals surface area contributed by atoms with Gasteiger partial charge in [0.1, 0.15) is 5.75 Å². The van der Waals surface area contributed by atoms with E-state index in [0.29, 0.717) is 11.4 Å². The topological polar surface area (TPSA) is 102 Å². The molecule has 0 aromatic heterocycles. The number of carboxylic acid groups (broad SMARTS) is 1. The fraction of sp³-hybridized carbons (Fsp3) is 0.273. The van der Waals surface area contributed by atoms with Gasteiger partial charge in [0.25, 0.3) is 0 Å². The molecule has 6 nitrogen and oxygen atoms in total. The predicted molar refractivity (Wildman–Crippen MR) is 61.9 cm³/mol. The van der Waals surface area contributed by atoms with E-state index in [1.54, 1.807) is 31.2 Å². The summed E-state index contributed by atoms with van der Waals surface area (Å²) in [6.45, 7) is 1.19. The summed E-state index contributed by atoms with van der Waals surface area (Å²) in [6, 6.07) is 5.77. The van der Waals surface area contributed by atoms with Crippen molar-refractivity contribution < 1.29 is 19.4 Å². The van der Waals surface area contributed by atoms with Gasteiger partial charge in [0.2, 0.25) is 5.91 Å². The van der Waals surface area contributed by atoms with Crippen LogP contribution in [0.25, 0.3) is 0 Å². The van der Waals surface area contributed by atoms with Gasteiger partial charge in [0.05, 0.1) is 6.04 Å². The maximum Gasteiger partial charge on any atom is 0.341 e. The first kappa shape index (κ1) is 13.0. The van der Waals surface area contributed by atoms with Crippen LogP contribution in [0.2, 0.25) is 0 Å². The molecule has 0 saturated heterocycles. The van der Waals surface area contributed by atoms with Gasteiger partial charge in [-0.05, 0) is 31.2 Å². The first-order valence-electron chi connectivity index (χ1n) is 5.00. The lowest BCUT2D eigenvalue weighted by Crippen LogP contribution is -2.32. The Kier molecular flexibility index (Phi) is 4.47. The van der Waals surface area contributed by atoms with Gasteiger partial charge >= 0.3 is 5.97 Å². The SMILES string of the molecule is CC(N)C(=O)Nc1ccc(OCC(=O)O)cc1. The largest absolute Gasteiger partial charge is 0.482 e. The number of anilines is 1. The second kappa shape index (κ2) is 5.86. The minimum atomic E-state index is -1.04. The Bertz CT molecular complexity index is 400. The highest BCUT2D eigenvalue weighted by molar-refractivity contribution is 5.94. The average Bonchev–Trinajstić information content (AvgIpc) is 2.28. The number of nitrogens with one attached hydrogen (secondary N) is 1. The van der Waals surface area contributed by atoms with Crippen molar-refractivity contribution in [3.8, 4) is 5.75 Å². The maximum absolute atomic E-state index is 11.3. The van der Waals surface area contributed by atoms with E-state index in [9.17, 15) is 9.59 Å². The van der Waals surface area contributed by atoms with Gasteiger partial charge in [0.15, 0.2) is 6.61 Å². The lowest BCUT2D eigenvalue weighted by Gasteiger charge is -2.08. The summed E-state index contributed by atoms with van der Waals surface area (Å²) < 4.78 is 4.94. The zero-order chi connectivity index (χ0) is 12.8. The van der Waals surface area contributed by atoms with Crippen molar-refractivity contribution in [1.29, 1.82) is 0 Å². The van der Waals surface area contributed by atoms with Gasteiger partial charge in [-0.25, -0.2) is 4.79 Å². The van der Waals surface area contributed by atoms with Crippen LogP contribution in [0.4, 0.5) is 5.69 Å². The molecule has 0 radical (unpaired) electrons. The lowest BCUT2D eigenvalue weighted by atomic mass is 10.2. The monoisotopic (exact) mass is 238 g/mol. The van der Waals surface area contributed by atoms with Crippen LogP contribution in [0.3, 0.4) is 0 Å². The number of rotatable bonds is 5. The first-order valence-corrected chi connectivity index (χ1v) is 5.00. The number of carboxylic acids is 1. The number of nitrogens with two attached hydrogens (primary N) is 1. The van der Waals surface area contributed by atoms with E-state index in [4.69, 9.17) is 15.6 Å². The summed E-state index contributed by atoms with van der Waals surface area (Å²) in [5, 5.41) is 11.0. The van der Waals surface area contributed by atoms with E-state index in [-0.39, 0.29) is 5.91 Å². The molecule has 92 valence electrons. The van der Waals surface area contributed by atoms with Gasteiger partial charge < -0.3 is 20.9 Å². The Morgan fingerprint density at radius 3 is 2.47 bits per heavy atom. The molecule has 17 heavy (non-hydrogen) atoms. The number of amides is 1. The molecule has 1 aromatic rings. The molecule has 1 unspecified atom stereocenters. The van der Waals surface area contributed by atoms with Crippen LogP contribution in [0.5, 0.6) is 5.75 Å². The average molecular weight is 238 g/mol. The molecule has 0 spiro atoms. The normalized spacial score (nSPS) is 11.6. The van der Waals surface area contributed by atoms with Crippen molar-refractivity contribution in [2.75, 3.05) is 11.9 Å². The molecule has 1 amide bonds. The van der Waals surface area contributed by atoms with Crippen LogP contribution in [0, 0.1) is 0 Å². The summed E-state index contributed by atoms with van der Waals surface area (Å²) in [4.78, 5) is 21.5. The predicted octanol–water partition coefficient (Wildman–Crippen LogP) is 0.436. The number of carbonyl (C=O) groups is 2. The molecule has 1 atom stereocenters. The molecule has 0 aliphatic rings. The maximum atomic E-state index is 11.3. The minimum absolute atomic E-state index is 0.288. The summed E-state index contributed by atoms with van der Waals surface area (Å²) in [5.74, 6) is -0.908. The van der Waals surface area contributed by atoms with Gasteiger partial charge in [-0.1, -0.05) is 0 Å². The number of ether oxygens (including phenoxy) is 1. The fourth-order valence-electron chi connectivity index (χ4n) is 1.04. The van der Waals surface area contributed by atoms with E-state index in [2.05, 4.69) is 5.32 Å². The lowest BCUT2D eigenvalue weighted by molar-refractivity contribution is -0.139. The van der Waals surface area contributed by atoms with E-state index in [1.165, 1.54) is 0 Å². The van der Waals surface area contributed by atoms with Crippen LogP contribution < -0.4 is 15.8 Å². The van der Waals surface area contributed by atoms with Gasteiger partial charge in [-0.3, -0.25) is 4.79 Å². The Labute approximate surface area is 98.4 Å². The highest BCUT2D eigenvalue weighted by Crippen LogP contribution is 2.15. The highest BCUT2D eigenvalue weighted by Gasteiger charge is 2.07. The first-order chi connectivity index (χ1) is 7.99. The second-order valence-electron chi connectivity index (χ2n) is 3.48. The Hall–Kier alpha value is -2.08. The minimum Gasteiger partial charge on any atom is -0.482 e. The summed E-state index contributed by atoms with van der Waals surface area (Å²) in [5.41, 5.74) is 5.97. The van der Waals surface area contributed by atoms with E-state index < -0.39 is 18.6 Å². The molecular formula is C11H14N2O4. The third kappa shape index (κ3) is 4.52. The van der Waals surface area contributed by atoms with Gasteiger partial charge in [-0.2, -0.15) is 0 Å². The standard InChI is InChI=1S/C11H14N2O4/c1-7(12)11(16)13-8-2-4-9(5-3-8)17-6-10(14)15/h2-5,7H,6,12H2,1H3,(H,13,16)(H,14,15). The molecule has 1 rings (SSSR count). The zero-order valence-corrected chi connectivity index (χ0v) is 9.34. The summed E-state index contributed by atoms with van der Waals surface area (Å²) in [7, 11) is 0. The van der Waals surface area contributed by atoms with E-state index in [1.807, 2.05) is 0 Å². The molecular weight excluding hydrogens is 224 g/mol.